The molecule has 0 N–H and O–H groups in total. The molecule has 1 aliphatic carbocycles. The summed E-state index contributed by atoms with van der Waals surface area (Å²) in [5.74, 6) is 1.30. The Bertz CT molecular complexity index is 555. The standard InChI is InChI=1S/C16H14O/c1-17-14-8-10-16-13(11-14)7-9-15(16)12-5-3-2-4-6-12/h2-11,15H,1H3. The summed E-state index contributed by atoms with van der Waals surface area (Å²) in [7, 11) is 1.70. The zero-order valence-electron chi connectivity index (χ0n) is 9.76. The second kappa shape index (κ2) is 4.10. The second-order valence-corrected chi connectivity index (χ2v) is 4.24. The Labute approximate surface area is 101 Å². The molecule has 1 nitrogen and oxygen atoms in total. The van der Waals surface area contributed by atoms with E-state index in [1.54, 1.807) is 7.11 Å². The van der Waals surface area contributed by atoms with Gasteiger partial charge in [0.05, 0.1) is 7.11 Å². The monoisotopic (exact) mass is 222 g/mol. The van der Waals surface area contributed by atoms with Crippen molar-refractivity contribution in [3.63, 3.8) is 0 Å². The van der Waals surface area contributed by atoms with Gasteiger partial charge in [0.2, 0.25) is 0 Å². The normalized spacial score (nSPS) is 16.9. The fraction of sp³-hybridized carbons (Fsp3) is 0.125. The number of benzene rings is 2. The summed E-state index contributed by atoms with van der Waals surface area (Å²) in [6, 6.07) is 16.9. The van der Waals surface area contributed by atoms with Gasteiger partial charge in [0.25, 0.3) is 0 Å². The van der Waals surface area contributed by atoms with Gasteiger partial charge in [-0.05, 0) is 28.8 Å². The number of hydrogen-bond acceptors (Lipinski definition) is 1. The third-order valence-corrected chi connectivity index (χ3v) is 3.26. The third kappa shape index (κ3) is 1.74. The molecule has 0 radical (unpaired) electrons. The molecule has 0 heterocycles. The molecule has 0 saturated carbocycles. The molecule has 0 aliphatic heterocycles. The molecule has 0 saturated heterocycles. The smallest absolute Gasteiger partial charge is 0.119 e. The van der Waals surface area contributed by atoms with Crippen LogP contribution in [-0.4, -0.2) is 7.11 Å². The molecule has 1 aliphatic rings. The maximum Gasteiger partial charge on any atom is 0.119 e. The van der Waals surface area contributed by atoms with Crippen molar-refractivity contribution in [3.05, 3.63) is 71.3 Å². The fourth-order valence-electron chi connectivity index (χ4n) is 2.36. The molecule has 0 aromatic heterocycles. The summed E-state index contributed by atoms with van der Waals surface area (Å²) in [5.41, 5.74) is 3.96. The zero-order chi connectivity index (χ0) is 11.7. The first kappa shape index (κ1) is 10.2. The molecule has 0 fully saturated rings. The number of ether oxygens (including phenoxy) is 1. The number of rotatable bonds is 2. The highest BCUT2D eigenvalue weighted by Gasteiger charge is 2.18. The van der Waals surface area contributed by atoms with E-state index in [2.05, 4.69) is 54.6 Å². The van der Waals surface area contributed by atoms with Crippen molar-refractivity contribution in [2.45, 2.75) is 5.92 Å². The van der Waals surface area contributed by atoms with Crippen molar-refractivity contribution >= 4 is 6.08 Å². The summed E-state index contributed by atoms with van der Waals surface area (Å²) in [5, 5.41) is 0. The first-order chi connectivity index (χ1) is 8.38. The van der Waals surface area contributed by atoms with Crippen molar-refractivity contribution in [1.29, 1.82) is 0 Å². The highest BCUT2D eigenvalue weighted by Crippen LogP contribution is 2.36. The summed E-state index contributed by atoms with van der Waals surface area (Å²) >= 11 is 0. The number of allylic oxidation sites excluding steroid dienone is 1. The summed E-state index contributed by atoms with van der Waals surface area (Å²) < 4.78 is 5.25. The molecular weight excluding hydrogens is 208 g/mol. The van der Waals surface area contributed by atoms with Crippen LogP contribution in [-0.2, 0) is 0 Å². The first-order valence-electron chi connectivity index (χ1n) is 5.79. The Kier molecular flexibility index (Phi) is 2.45. The van der Waals surface area contributed by atoms with Crippen LogP contribution in [0.3, 0.4) is 0 Å². The molecule has 2 aromatic rings. The minimum Gasteiger partial charge on any atom is -0.497 e. The van der Waals surface area contributed by atoms with Crippen LogP contribution in [0.5, 0.6) is 5.75 Å². The minimum atomic E-state index is 0.386. The topological polar surface area (TPSA) is 9.23 Å². The molecule has 3 rings (SSSR count). The first-order valence-corrected chi connectivity index (χ1v) is 5.79. The van der Waals surface area contributed by atoms with Crippen LogP contribution in [0.1, 0.15) is 22.6 Å². The van der Waals surface area contributed by atoms with Gasteiger partial charge in [-0.1, -0.05) is 48.6 Å². The number of methoxy groups -OCH3 is 1. The lowest BCUT2D eigenvalue weighted by Gasteiger charge is -2.12. The van der Waals surface area contributed by atoms with Crippen molar-refractivity contribution < 1.29 is 4.74 Å². The van der Waals surface area contributed by atoms with Crippen LogP contribution < -0.4 is 4.74 Å². The molecule has 84 valence electrons. The molecule has 1 atom stereocenters. The Morgan fingerprint density at radius 1 is 1.00 bits per heavy atom. The van der Waals surface area contributed by atoms with Gasteiger partial charge < -0.3 is 4.74 Å². The van der Waals surface area contributed by atoms with Gasteiger partial charge in [-0.15, -0.1) is 0 Å². The average Bonchev–Trinajstić information content (AvgIpc) is 2.82. The lowest BCUT2D eigenvalue weighted by molar-refractivity contribution is 0.414. The van der Waals surface area contributed by atoms with Crippen LogP contribution in [0, 0.1) is 0 Å². The number of fused-ring (bicyclic) bond motifs is 1. The molecule has 0 bridgehead atoms. The lowest BCUT2D eigenvalue weighted by atomic mass is 9.93. The fourth-order valence-corrected chi connectivity index (χ4v) is 2.36. The van der Waals surface area contributed by atoms with Gasteiger partial charge in [0.15, 0.2) is 0 Å². The summed E-state index contributed by atoms with van der Waals surface area (Å²) in [4.78, 5) is 0. The molecule has 2 aromatic carbocycles. The summed E-state index contributed by atoms with van der Waals surface area (Å²) in [6.07, 6.45) is 4.43. The zero-order valence-corrected chi connectivity index (χ0v) is 9.76. The SMILES string of the molecule is COc1ccc2c(c1)C=CC2c1ccccc1. The van der Waals surface area contributed by atoms with Gasteiger partial charge in [0, 0.05) is 5.92 Å². The highest BCUT2D eigenvalue weighted by molar-refractivity contribution is 5.66. The van der Waals surface area contributed by atoms with Gasteiger partial charge in [-0.2, -0.15) is 0 Å². The predicted octanol–water partition coefficient (Wildman–Crippen LogP) is 3.85. The molecular formula is C16H14O. The Balaban J connectivity index is 2.03. The molecule has 0 amide bonds. The van der Waals surface area contributed by atoms with E-state index in [1.807, 2.05) is 6.07 Å². The van der Waals surface area contributed by atoms with E-state index < -0.39 is 0 Å². The molecule has 17 heavy (non-hydrogen) atoms. The lowest BCUT2D eigenvalue weighted by Crippen LogP contribution is -1.95. The van der Waals surface area contributed by atoms with Crippen molar-refractivity contribution in [3.8, 4) is 5.75 Å². The predicted molar refractivity (Wildman–Crippen MR) is 70.3 cm³/mol. The van der Waals surface area contributed by atoms with Crippen LogP contribution in [0.25, 0.3) is 6.08 Å². The quantitative estimate of drug-likeness (QED) is 0.749. The molecule has 1 heteroatoms. The molecule has 0 spiro atoms. The van der Waals surface area contributed by atoms with E-state index in [4.69, 9.17) is 4.74 Å². The summed E-state index contributed by atoms with van der Waals surface area (Å²) in [6.45, 7) is 0. The number of hydrogen-bond donors (Lipinski definition) is 0. The minimum absolute atomic E-state index is 0.386. The van der Waals surface area contributed by atoms with E-state index in [1.165, 1.54) is 16.7 Å². The van der Waals surface area contributed by atoms with E-state index in [9.17, 15) is 0 Å². The highest BCUT2D eigenvalue weighted by atomic mass is 16.5. The maximum absolute atomic E-state index is 5.25. The van der Waals surface area contributed by atoms with Gasteiger partial charge in [0.1, 0.15) is 5.75 Å². The maximum atomic E-state index is 5.25. The molecule has 1 unspecified atom stereocenters. The second-order valence-electron chi connectivity index (χ2n) is 4.24. The Morgan fingerprint density at radius 3 is 2.59 bits per heavy atom. The van der Waals surface area contributed by atoms with Gasteiger partial charge >= 0.3 is 0 Å². The van der Waals surface area contributed by atoms with Gasteiger partial charge in [-0.3, -0.25) is 0 Å². The van der Waals surface area contributed by atoms with Crippen LogP contribution in [0.2, 0.25) is 0 Å². The van der Waals surface area contributed by atoms with E-state index in [0.29, 0.717) is 5.92 Å². The van der Waals surface area contributed by atoms with Crippen molar-refractivity contribution in [1.82, 2.24) is 0 Å². The third-order valence-electron chi connectivity index (χ3n) is 3.26. The Hall–Kier alpha value is -2.02. The average molecular weight is 222 g/mol. The Morgan fingerprint density at radius 2 is 1.82 bits per heavy atom. The van der Waals surface area contributed by atoms with E-state index in [0.717, 1.165) is 5.75 Å². The van der Waals surface area contributed by atoms with Gasteiger partial charge in [-0.25, -0.2) is 0 Å². The largest absolute Gasteiger partial charge is 0.497 e. The van der Waals surface area contributed by atoms with Crippen molar-refractivity contribution in [2.24, 2.45) is 0 Å². The van der Waals surface area contributed by atoms with Crippen molar-refractivity contribution in [2.75, 3.05) is 7.11 Å². The van der Waals surface area contributed by atoms with Crippen LogP contribution in [0.15, 0.2) is 54.6 Å². The van der Waals surface area contributed by atoms with Crippen LogP contribution in [0.4, 0.5) is 0 Å². The van der Waals surface area contributed by atoms with E-state index in [-0.39, 0.29) is 0 Å². The van der Waals surface area contributed by atoms with E-state index >= 15 is 0 Å². The van der Waals surface area contributed by atoms with Crippen LogP contribution >= 0.6 is 0 Å².